The fourth-order valence-electron chi connectivity index (χ4n) is 3.02. The molecule has 0 spiro atoms. The summed E-state index contributed by atoms with van der Waals surface area (Å²) in [6.45, 7) is 16.8. The van der Waals surface area contributed by atoms with Gasteiger partial charge >= 0.3 is 8.56 Å². The van der Waals surface area contributed by atoms with Gasteiger partial charge < -0.3 is 8.85 Å². The average molecular weight is 274 g/mol. The third-order valence-electron chi connectivity index (χ3n) is 3.84. The Bertz CT molecular complexity index is 223. The van der Waals surface area contributed by atoms with Crippen LogP contribution in [0.3, 0.4) is 0 Å². The van der Waals surface area contributed by atoms with Crippen molar-refractivity contribution in [2.24, 2.45) is 0 Å². The number of hydrogen-bond donors (Lipinski definition) is 0. The van der Waals surface area contributed by atoms with E-state index in [1.165, 1.54) is 0 Å². The van der Waals surface area contributed by atoms with Crippen LogP contribution in [0.4, 0.5) is 0 Å². The fraction of sp³-hybridized carbons (Fsp3) is 1.00. The molecule has 0 N–H and O–H groups in total. The van der Waals surface area contributed by atoms with Crippen molar-refractivity contribution in [2.45, 2.75) is 46.5 Å². The van der Waals surface area contributed by atoms with Crippen molar-refractivity contribution >= 4 is 8.56 Å². The van der Waals surface area contributed by atoms with Gasteiger partial charge in [0.1, 0.15) is 5.79 Å². The standard InChI is InChI=1S/C13H30N2O2Si/c1-6-14-11-12-15(7-2)13(14)18(10-5,16-8-3)17-9-4/h13H,6-12H2,1-5H3. The third kappa shape index (κ3) is 3.14. The molecule has 0 aromatic rings. The summed E-state index contributed by atoms with van der Waals surface area (Å²) < 4.78 is 12.4. The maximum absolute atomic E-state index is 6.20. The molecule has 18 heavy (non-hydrogen) atoms. The van der Waals surface area contributed by atoms with E-state index in [0.29, 0.717) is 5.79 Å². The summed E-state index contributed by atoms with van der Waals surface area (Å²) in [5.41, 5.74) is 0. The van der Waals surface area contributed by atoms with Gasteiger partial charge in [0.2, 0.25) is 0 Å². The van der Waals surface area contributed by atoms with Crippen LogP contribution in [0.1, 0.15) is 34.6 Å². The maximum Gasteiger partial charge on any atom is 0.370 e. The molecular formula is C13H30N2O2Si. The summed E-state index contributed by atoms with van der Waals surface area (Å²) in [6, 6.07) is 1.02. The maximum atomic E-state index is 6.20. The molecule has 0 bridgehead atoms. The third-order valence-corrected chi connectivity index (χ3v) is 7.90. The largest absolute Gasteiger partial charge is 0.393 e. The van der Waals surface area contributed by atoms with Gasteiger partial charge in [-0.2, -0.15) is 0 Å². The summed E-state index contributed by atoms with van der Waals surface area (Å²) in [7, 11) is -2.15. The second kappa shape index (κ2) is 7.60. The predicted octanol–water partition coefficient (Wildman–Crippen LogP) is 2.04. The highest BCUT2D eigenvalue weighted by molar-refractivity contribution is 6.69. The van der Waals surface area contributed by atoms with Gasteiger partial charge in [0.25, 0.3) is 0 Å². The first kappa shape index (κ1) is 16.1. The molecule has 1 saturated heterocycles. The Hall–Kier alpha value is 0.0569. The first-order valence-electron chi connectivity index (χ1n) is 7.44. The van der Waals surface area contributed by atoms with E-state index in [4.69, 9.17) is 8.85 Å². The van der Waals surface area contributed by atoms with Crippen LogP contribution in [0.25, 0.3) is 0 Å². The minimum atomic E-state index is -2.15. The van der Waals surface area contributed by atoms with Crippen molar-refractivity contribution in [2.75, 3.05) is 39.4 Å². The first-order valence-corrected chi connectivity index (χ1v) is 9.55. The highest BCUT2D eigenvalue weighted by Crippen LogP contribution is 2.28. The molecule has 108 valence electrons. The first-order chi connectivity index (χ1) is 8.68. The molecule has 1 heterocycles. The zero-order valence-electron chi connectivity index (χ0n) is 12.7. The van der Waals surface area contributed by atoms with E-state index in [2.05, 4.69) is 44.4 Å². The van der Waals surface area contributed by atoms with Gasteiger partial charge in [-0.15, -0.1) is 0 Å². The van der Waals surface area contributed by atoms with Crippen molar-refractivity contribution in [3.8, 4) is 0 Å². The normalized spacial score (nSPS) is 19.8. The van der Waals surface area contributed by atoms with Crippen molar-refractivity contribution < 1.29 is 8.85 Å². The van der Waals surface area contributed by atoms with Crippen LogP contribution < -0.4 is 0 Å². The van der Waals surface area contributed by atoms with Crippen LogP contribution in [0.5, 0.6) is 0 Å². The van der Waals surface area contributed by atoms with Crippen LogP contribution >= 0.6 is 0 Å². The Labute approximate surface area is 113 Å². The SMILES string of the molecule is CCO[Si](CC)(OCC)C1N(CC)CCN1CC. The molecular weight excluding hydrogens is 244 g/mol. The van der Waals surface area contributed by atoms with Gasteiger partial charge in [-0.25, -0.2) is 0 Å². The predicted molar refractivity (Wildman–Crippen MR) is 77.8 cm³/mol. The zero-order chi connectivity index (χ0) is 13.6. The van der Waals surface area contributed by atoms with Crippen LogP contribution in [0.2, 0.25) is 6.04 Å². The lowest BCUT2D eigenvalue weighted by Gasteiger charge is -2.41. The lowest BCUT2D eigenvalue weighted by molar-refractivity contribution is 0.0999. The minimum absolute atomic E-state index is 0.386. The number of hydrogen-bond acceptors (Lipinski definition) is 4. The monoisotopic (exact) mass is 274 g/mol. The summed E-state index contributed by atoms with van der Waals surface area (Å²) in [5, 5.41) is 0. The quantitative estimate of drug-likeness (QED) is 0.633. The topological polar surface area (TPSA) is 24.9 Å². The van der Waals surface area contributed by atoms with Crippen LogP contribution in [-0.2, 0) is 8.85 Å². The molecule has 0 saturated carbocycles. The summed E-state index contributed by atoms with van der Waals surface area (Å²) in [5.74, 6) is 0.386. The molecule has 1 aliphatic heterocycles. The van der Waals surface area contributed by atoms with Crippen molar-refractivity contribution in [3.63, 3.8) is 0 Å². The van der Waals surface area contributed by atoms with Crippen molar-refractivity contribution in [1.82, 2.24) is 9.80 Å². The van der Waals surface area contributed by atoms with E-state index in [-0.39, 0.29) is 0 Å². The second-order valence-electron chi connectivity index (χ2n) is 4.66. The van der Waals surface area contributed by atoms with E-state index in [0.717, 1.165) is 45.4 Å². The molecule has 0 aliphatic carbocycles. The summed E-state index contributed by atoms with van der Waals surface area (Å²) in [4.78, 5) is 5.06. The smallest absolute Gasteiger partial charge is 0.370 e. The second-order valence-corrected chi connectivity index (χ2v) is 8.09. The molecule has 5 heteroatoms. The van der Waals surface area contributed by atoms with Gasteiger partial charge in [-0.05, 0) is 33.0 Å². The molecule has 4 nitrogen and oxygen atoms in total. The number of rotatable bonds is 8. The summed E-state index contributed by atoms with van der Waals surface area (Å²) >= 11 is 0. The molecule has 0 aromatic heterocycles. The zero-order valence-corrected chi connectivity index (χ0v) is 13.7. The number of likely N-dealkylation sites (N-methyl/N-ethyl adjacent to an activating group) is 2. The van der Waals surface area contributed by atoms with E-state index in [1.807, 2.05) is 0 Å². The lowest BCUT2D eigenvalue weighted by Crippen LogP contribution is -2.63. The molecule has 0 radical (unpaired) electrons. The molecule has 0 amide bonds. The Kier molecular flexibility index (Phi) is 6.80. The van der Waals surface area contributed by atoms with Gasteiger partial charge in [0, 0.05) is 26.3 Å². The highest BCUT2D eigenvalue weighted by atomic mass is 28.4. The molecule has 1 fully saturated rings. The van der Waals surface area contributed by atoms with E-state index in [1.54, 1.807) is 0 Å². The Morgan fingerprint density at radius 1 is 0.889 bits per heavy atom. The molecule has 0 atom stereocenters. The van der Waals surface area contributed by atoms with Crippen LogP contribution in [0, 0.1) is 0 Å². The Morgan fingerprint density at radius 2 is 1.33 bits per heavy atom. The van der Waals surface area contributed by atoms with Crippen molar-refractivity contribution in [1.29, 1.82) is 0 Å². The fourth-order valence-corrected chi connectivity index (χ4v) is 6.89. The minimum Gasteiger partial charge on any atom is -0.393 e. The van der Waals surface area contributed by atoms with Gasteiger partial charge in [0.15, 0.2) is 0 Å². The van der Waals surface area contributed by atoms with E-state index < -0.39 is 8.56 Å². The van der Waals surface area contributed by atoms with Gasteiger partial charge in [-0.1, -0.05) is 20.8 Å². The van der Waals surface area contributed by atoms with E-state index in [9.17, 15) is 0 Å². The van der Waals surface area contributed by atoms with Crippen LogP contribution in [-0.4, -0.2) is 63.5 Å². The molecule has 1 rings (SSSR count). The van der Waals surface area contributed by atoms with Gasteiger partial charge in [0.05, 0.1) is 0 Å². The van der Waals surface area contributed by atoms with E-state index >= 15 is 0 Å². The van der Waals surface area contributed by atoms with Crippen molar-refractivity contribution in [3.05, 3.63) is 0 Å². The molecule has 1 aliphatic rings. The number of nitrogens with zero attached hydrogens (tertiary/aromatic N) is 2. The highest BCUT2D eigenvalue weighted by Gasteiger charge is 2.52. The molecule has 0 aromatic carbocycles. The Morgan fingerprint density at radius 3 is 1.61 bits per heavy atom. The van der Waals surface area contributed by atoms with Crippen LogP contribution in [0.15, 0.2) is 0 Å². The summed E-state index contributed by atoms with van der Waals surface area (Å²) in [6.07, 6.45) is 0. The molecule has 0 unspecified atom stereocenters. The van der Waals surface area contributed by atoms with Gasteiger partial charge in [-0.3, -0.25) is 9.80 Å². The lowest BCUT2D eigenvalue weighted by atomic mass is 10.6. The average Bonchev–Trinajstić information content (AvgIpc) is 2.81. The Balaban J connectivity index is 2.98.